The lowest BCUT2D eigenvalue weighted by Crippen LogP contribution is -2.26. The van der Waals surface area contributed by atoms with Crippen LogP contribution in [0, 0.1) is 0 Å². The van der Waals surface area contributed by atoms with Crippen molar-refractivity contribution in [2.75, 3.05) is 0 Å². The minimum atomic E-state index is 0.107. The number of aromatic nitrogens is 2. The Bertz CT molecular complexity index is 672. The second kappa shape index (κ2) is 3.65. The van der Waals surface area contributed by atoms with Crippen LogP contribution in [-0.4, -0.2) is 15.6 Å². The highest BCUT2D eigenvalue weighted by Crippen LogP contribution is 2.29. The molecule has 4 heteroatoms. The number of nitrogens with zero attached hydrogens (tertiary/aromatic N) is 2. The second-order valence-corrected chi connectivity index (χ2v) is 5.23. The van der Waals surface area contributed by atoms with Gasteiger partial charge in [-0.3, -0.25) is 9.36 Å². The van der Waals surface area contributed by atoms with Gasteiger partial charge in [0.05, 0.1) is 16.9 Å². The van der Waals surface area contributed by atoms with Crippen LogP contribution in [-0.2, 0) is 6.54 Å². The van der Waals surface area contributed by atoms with Gasteiger partial charge >= 0.3 is 0 Å². The van der Waals surface area contributed by atoms with Crippen molar-refractivity contribution in [2.45, 2.75) is 37.9 Å². The summed E-state index contributed by atoms with van der Waals surface area (Å²) in [5.41, 5.74) is 0.925. The number of rotatable bonds is 2. The first-order valence-electron chi connectivity index (χ1n) is 6.58. The van der Waals surface area contributed by atoms with E-state index in [0.29, 0.717) is 6.04 Å². The van der Waals surface area contributed by atoms with Gasteiger partial charge in [-0.1, -0.05) is 12.1 Å². The van der Waals surface area contributed by atoms with Gasteiger partial charge in [-0.2, -0.15) is 0 Å². The van der Waals surface area contributed by atoms with E-state index < -0.39 is 0 Å². The summed E-state index contributed by atoms with van der Waals surface area (Å²) in [7, 11) is 0. The van der Waals surface area contributed by atoms with Crippen molar-refractivity contribution in [3.05, 3.63) is 40.4 Å². The van der Waals surface area contributed by atoms with Gasteiger partial charge in [0.2, 0.25) is 0 Å². The van der Waals surface area contributed by atoms with Crippen LogP contribution in [0.25, 0.3) is 10.9 Å². The van der Waals surface area contributed by atoms with Crippen LogP contribution in [0.1, 0.15) is 31.1 Å². The van der Waals surface area contributed by atoms with E-state index in [1.54, 1.807) is 0 Å². The van der Waals surface area contributed by atoms with Crippen molar-refractivity contribution < 1.29 is 0 Å². The summed E-state index contributed by atoms with van der Waals surface area (Å²) in [6.07, 6.45) is 3.50. The smallest absolute Gasteiger partial charge is 0.261 e. The summed E-state index contributed by atoms with van der Waals surface area (Å²) in [5, 5.41) is 4.31. The lowest BCUT2D eigenvalue weighted by molar-refractivity contribution is 0.519. The molecule has 92 valence electrons. The van der Waals surface area contributed by atoms with Gasteiger partial charge < -0.3 is 5.32 Å². The fourth-order valence-electron chi connectivity index (χ4n) is 2.75. The summed E-state index contributed by atoms with van der Waals surface area (Å²) in [6, 6.07) is 8.51. The minimum Gasteiger partial charge on any atom is -0.304 e. The first kappa shape index (κ1) is 10.3. The van der Waals surface area contributed by atoms with E-state index in [9.17, 15) is 4.79 Å². The fraction of sp³-hybridized carbons (Fsp3) is 0.429. The highest BCUT2D eigenvalue weighted by Gasteiger charge is 2.31. The molecule has 4 rings (SSSR count). The molecule has 0 saturated heterocycles. The first-order valence-corrected chi connectivity index (χ1v) is 6.58. The molecule has 18 heavy (non-hydrogen) atoms. The zero-order valence-corrected chi connectivity index (χ0v) is 10.1. The van der Waals surface area contributed by atoms with Crippen LogP contribution < -0.4 is 10.9 Å². The molecule has 0 spiro atoms. The summed E-state index contributed by atoms with van der Waals surface area (Å²) >= 11 is 0. The standard InChI is InChI=1S/C14H15N3O/c18-14-10-3-1-2-4-11(10)16-13-12(7-8-17(13)14)15-9-5-6-9/h1-4,9,12,15H,5-8H2. The third-order valence-electron chi connectivity index (χ3n) is 3.86. The molecule has 0 amide bonds. The Kier molecular flexibility index (Phi) is 2.08. The Morgan fingerprint density at radius 1 is 1.22 bits per heavy atom. The predicted molar refractivity (Wildman–Crippen MR) is 69.5 cm³/mol. The van der Waals surface area contributed by atoms with Crippen molar-refractivity contribution in [1.29, 1.82) is 0 Å². The average Bonchev–Trinajstić information content (AvgIpc) is 3.12. The molecule has 1 aromatic heterocycles. The highest BCUT2D eigenvalue weighted by molar-refractivity contribution is 5.77. The molecule has 1 aromatic carbocycles. The number of benzene rings is 1. The van der Waals surface area contributed by atoms with E-state index in [0.717, 1.165) is 29.7 Å². The van der Waals surface area contributed by atoms with E-state index in [2.05, 4.69) is 10.3 Å². The van der Waals surface area contributed by atoms with Crippen LogP contribution in [0.4, 0.5) is 0 Å². The van der Waals surface area contributed by atoms with Crippen molar-refractivity contribution >= 4 is 10.9 Å². The van der Waals surface area contributed by atoms with Crippen molar-refractivity contribution in [2.24, 2.45) is 0 Å². The molecule has 1 aliphatic heterocycles. The van der Waals surface area contributed by atoms with E-state index >= 15 is 0 Å². The normalized spacial score (nSPS) is 22.3. The van der Waals surface area contributed by atoms with Gasteiger partial charge in [0.1, 0.15) is 5.82 Å². The maximum absolute atomic E-state index is 12.4. The van der Waals surface area contributed by atoms with Crippen LogP contribution in [0.2, 0.25) is 0 Å². The summed E-state index contributed by atoms with van der Waals surface area (Å²) < 4.78 is 1.84. The molecule has 1 aliphatic carbocycles. The molecule has 0 radical (unpaired) electrons. The van der Waals surface area contributed by atoms with Gasteiger partial charge in [0, 0.05) is 12.6 Å². The van der Waals surface area contributed by atoms with Crippen LogP contribution in [0.3, 0.4) is 0 Å². The maximum atomic E-state index is 12.4. The maximum Gasteiger partial charge on any atom is 0.261 e. The number of nitrogens with one attached hydrogen (secondary N) is 1. The molecule has 2 aromatic rings. The summed E-state index contributed by atoms with van der Waals surface area (Å²) in [4.78, 5) is 17.0. The van der Waals surface area contributed by atoms with Gasteiger partial charge in [0.25, 0.3) is 5.56 Å². The lowest BCUT2D eigenvalue weighted by atomic mass is 10.2. The van der Waals surface area contributed by atoms with Crippen LogP contribution in [0.15, 0.2) is 29.1 Å². The molecule has 4 nitrogen and oxygen atoms in total. The fourth-order valence-corrected chi connectivity index (χ4v) is 2.75. The lowest BCUT2D eigenvalue weighted by Gasteiger charge is -2.12. The Hall–Kier alpha value is -1.68. The Morgan fingerprint density at radius 2 is 2.06 bits per heavy atom. The third kappa shape index (κ3) is 1.49. The van der Waals surface area contributed by atoms with E-state index in [1.165, 1.54) is 12.8 Å². The summed E-state index contributed by atoms with van der Waals surface area (Å²) in [5.74, 6) is 0.922. The van der Waals surface area contributed by atoms with E-state index in [4.69, 9.17) is 0 Å². The van der Waals surface area contributed by atoms with Gasteiger partial charge in [-0.15, -0.1) is 0 Å². The zero-order valence-electron chi connectivity index (χ0n) is 10.1. The molecule has 1 saturated carbocycles. The van der Waals surface area contributed by atoms with Gasteiger partial charge in [0.15, 0.2) is 0 Å². The van der Waals surface area contributed by atoms with Gasteiger partial charge in [-0.25, -0.2) is 4.98 Å². The molecule has 2 aliphatic rings. The summed E-state index contributed by atoms with van der Waals surface area (Å²) in [6.45, 7) is 0.788. The van der Waals surface area contributed by atoms with E-state index in [-0.39, 0.29) is 11.6 Å². The highest BCUT2D eigenvalue weighted by atomic mass is 16.1. The van der Waals surface area contributed by atoms with E-state index in [1.807, 2.05) is 28.8 Å². The Morgan fingerprint density at radius 3 is 2.89 bits per heavy atom. The first-order chi connectivity index (χ1) is 8.83. The zero-order chi connectivity index (χ0) is 12.1. The van der Waals surface area contributed by atoms with Gasteiger partial charge in [-0.05, 0) is 31.4 Å². The van der Waals surface area contributed by atoms with Crippen LogP contribution >= 0.6 is 0 Å². The average molecular weight is 241 g/mol. The molecule has 1 atom stereocenters. The number of hydrogen-bond donors (Lipinski definition) is 1. The SMILES string of the molecule is O=c1c2ccccc2nc2n1CCC2NC1CC1. The molecule has 1 N–H and O–H groups in total. The van der Waals surface area contributed by atoms with Crippen molar-refractivity contribution in [1.82, 2.24) is 14.9 Å². The molecule has 1 unspecified atom stereocenters. The monoisotopic (exact) mass is 241 g/mol. The minimum absolute atomic E-state index is 0.107. The largest absolute Gasteiger partial charge is 0.304 e. The predicted octanol–water partition coefficient (Wildman–Crippen LogP) is 1.59. The molecule has 1 fully saturated rings. The Balaban J connectivity index is 1.88. The number of para-hydroxylation sites is 1. The third-order valence-corrected chi connectivity index (χ3v) is 3.86. The topological polar surface area (TPSA) is 46.9 Å². The molecule has 0 bridgehead atoms. The van der Waals surface area contributed by atoms with Crippen molar-refractivity contribution in [3.8, 4) is 0 Å². The second-order valence-electron chi connectivity index (χ2n) is 5.23. The Labute approximate surface area is 105 Å². The van der Waals surface area contributed by atoms with Crippen LogP contribution in [0.5, 0.6) is 0 Å². The van der Waals surface area contributed by atoms with Crippen molar-refractivity contribution in [3.63, 3.8) is 0 Å². The quantitative estimate of drug-likeness (QED) is 0.868. The molecular formula is C14H15N3O. The molecular weight excluding hydrogens is 226 g/mol. The molecule has 2 heterocycles. The number of fused-ring (bicyclic) bond motifs is 2. The number of hydrogen-bond acceptors (Lipinski definition) is 3.